The number of unbranched alkanes of at least 4 members (excludes halogenated alkanes) is 28. The third kappa shape index (κ3) is 43.4. The first-order valence-electron chi connectivity index (χ1n) is 24.2. The Morgan fingerprint density at radius 2 is 0.600 bits per heavy atom. The molecule has 0 rings (SSSR count). The summed E-state index contributed by atoms with van der Waals surface area (Å²) in [5, 5.41) is 0. The van der Waals surface area contributed by atoms with Crippen molar-refractivity contribution >= 4 is 17.9 Å². The molecule has 0 amide bonds. The monoisotopic (exact) mass is 779 g/mol. The van der Waals surface area contributed by atoms with E-state index in [0.717, 1.165) is 69.6 Å². The molecule has 0 aromatic carbocycles. The van der Waals surface area contributed by atoms with Gasteiger partial charge in [0.2, 0.25) is 0 Å². The standard InChI is InChI=1S/C49H94O6/c1-6-7-8-9-10-11-12-13-14-19-24-29-34-39-47(50)53-42-46(55-49(52)41-36-31-26-21-16-18-23-28-33-38-45(4)5)43-54-48(51)40-35-30-25-20-15-17-22-27-32-37-44(2)3/h44-46H,6-43H2,1-5H3/t46-/m0/s1. The molecule has 0 saturated heterocycles. The average Bonchev–Trinajstić information content (AvgIpc) is 3.15. The van der Waals surface area contributed by atoms with Gasteiger partial charge in [0.25, 0.3) is 0 Å². The number of hydrogen-bond donors (Lipinski definition) is 0. The minimum Gasteiger partial charge on any atom is -0.462 e. The van der Waals surface area contributed by atoms with Gasteiger partial charge in [-0.3, -0.25) is 14.4 Å². The lowest BCUT2D eigenvalue weighted by molar-refractivity contribution is -0.167. The van der Waals surface area contributed by atoms with Crippen LogP contribution in [0.3, 0.4) is 0 Å². The van der Waals surface area contributed by atoms with Crippen molar-refractivity contribution in [3.8, 4) is 0 Å². The van der Waals surface area contributed by atoms with E-state index >= 15 is 0 Å². The van der Waals surface area contributed by atoms with Crippen molar-refractivity contribution in [2.45, 2.75) is 272 Å². The molecule has 0 radical (unpaired) electrons. The summed E-state index contributed by atoms with van der Waals surface area (Å²) >= 11 is 0. The van der Waals surface area contributed by atoms with E-state index < -0.39 is 6.10 Å². The summed E-state index contributed by atoms with van der Waals surface area (Å²) in [7, 11) is 0. The lowest BCUT2D eigenvalue weighted by Crippen LogP contribution is -2.30. The minimum atomic E-state index is -0.761. The quantitative estimate of drug-likeness (QED) is 0.0348. The van der Waals surface area contributed by atoms with E-state index in [1.54, 1.807) is 0 Å². The van der Waals surface area contributed by atoms with Crippen LogP contribution in [0.5, 0.6) is 0 Å². The van der Waals surface area contributed by atoms with Gasteiger partial charge >= 0.3 is 17.9 Å². The van der Waals surface area contributed by atoms with E-state index in [4.69, 9.17) is 14.2 Å². The molecule has 0 aliphatic rings. The van der Waals surface area contributed by atoms with Crippen molar-refractivity contribution in [3.05, 3.63) is 0 Å². The maximum Gasteiger partial charge on any atom is 0.306 e. The lowest BCUT2D eigenvalue weighted by Gasteiger charge is -2.18. The molecule has 0 unspecified atom stereocenters. The van der Waals surface area contributed by atoms with Crippen LogP contribution in [0, 0.1) is 11.8 Å². The summed E-state index contributed by atoms with van der Waals surface area (Å²) in [4.78, 5) is 37.8. The zero-order valence-corrected chi connectivity index (χ0v) is 37.6. The normalized spacial score (nSPS) is 12.1. The summed E-state index contributed by atoms with van der Waals surface area (Å²) in [6.45, 7) is 11.3. The number of carbonyl (C=O) groups is 3. The highest BCUT2D eigenvalue weighted by Gasteiger charge is 2.19. The van der Waals surface area contributed by atoms with Crippen molar-refractivity contribution in [2.24, 2.45) is 11.8 Å². The Balaban J connectivity index is 4.33. The summed E-state index contributed by atoms with van der Waals surface area (Å²) in [6, 6.07) is 0. The molecule has 0 aliphatic carbocycles. The molecule has 0 heterocycles. The fourth-order valence-electron chi connectivity index (χ4n) is 7.28. The largest absolute Gasteiger partial charge is 0.462 e. The Labute approximate surface area is 342 Å². The highest BCUT2D eigenvalue weighted by molar-refractivity contribution is 5.71. The van der Waals surface area contributed by atoms with Gasteiger partial charge in [-0.05, 0) is 31.1 Å². The van der Waals surface area contributed by atoms with Crippen LogP contribution in [0.15, 0.2) is 0 Å². The van der Waals surface area contributed by atoms with Crippen molar-refractivity contribution in [3.63, 3.8) is 0 Å². The predicted octanol–water partition coefficient (Wildman–Crippen LogP) is 15.4. The molecule has 6 heteroatoms. The second-order valence-corrected chi connectivity index (χ2v) is 17.7. The number of ether oxygens (including phenoxy) is 3. The van der Waals surface area contributed by atoms with Crippen LogP contribution < -0.4 is 0 Å². The number of rotatable bonds is 43. The van der Waals surface area contributed by atoms with E-state index in [-0.39, 0.29) is 31.1 Å². The fraction of sp³-hybridized carbons (Fsp3) is 0.939. The highest BCUT2D eigenvalue weighted by atomic mass is 16.6. The van der Waals surface area contributed by atoms with Crippen LogP contribution in [0.2, 0.25) is 0 Å². The molecular formula is C49H94O6. The fourth-order valence-corrected chi connectivity index (χ4v) is 7.28. The van der Waals surface area contributed by atoms with Crippen molar-refractivity contribution in [2.75, 3.05) is 13.2 Å². The molecule has 1 atom stereocenters. The van der Waals surface area contributed by atoms with E-state index in [9.17, 15) is 14.4 Å². The first-order chi connectivity index (χ1) is 26.7. The second-order valence-electron chi connectivity index (χ2n) is 17.7. The highest BCUT2D eigenvalue weighted by Crippen LogP contribution is 2.17. The molecular weight excluding hydrogens is 685 g/mol. The average molecular weight is 779 g/mol. The Hall–Kier alpha value is -1.59. The molecule has 0 bridgehead atoms. The van der Waals surface area contributed by atoms with Crippen LogP contribution in [0.1, 0.15) is 266 Å². The van der Waals surface area contributed by atoms with Gasteiger partial charge in [0.15, 0.2) is 6.10 Å². The van der Waals surface area contributed by atoms with Crippen LogP contribution in [-0.4, -0.2) is 37.2 Å². The van der Waals surface area contributed by atoms with E-state index in [2.05, 4.69) is 34.6 Å². The summed E-state index contributed by atoms with van der Waals surface area (Å²) in [5.74, 6) is 0.760. The molecule has 0 aromatic rings. The van der Waals surface area contributed by atoms with Crippen LogP contribution in [-0.2, 0) is 28.6 Å². The molecule has 0 saturated carbocycles. The summed E-state index contributed by atoms with van der Waals surface area (Å²) in [5.41, 5.74) is 0. The first kappa shape index (κ1) is 53.4. The van der Waals surface area contributed by atoms with Gasteiger partial charge in [0.05, 0.1) is 0 Å². The third-order valence-corrected chi connectivity index (χ3v) is 11.0. The molecule has 0 aromatic heterocycles. The SMILES string of the molecule is CCCCCCCCCCCCCCCC(=O)OC[C@@H](COC(=O)CCCCCCCCCCCC(C)C)OC(=O)CCCCCCCCCCCC(C)C. The number of esters is 3. The van der Waals surface area contributed by atoms with Gasteiger partial charge in [-0.15, -0.1) is 0 Å². The van der Waals surface area contributed by atoms with Crippen LogP contribution in [0.4, 0.5) is 0 Å². The van der Waals surface area contributed by atoms with Crippen LogP contribution >= 0.6 is 0 Å². The summed E-state index contributed by atoms with van der Waals surface area (Å²) in [6.07, 6.45) is 40.9. The number of carbonyl (C=O) groups excluding carboxylic acids is 3. The molecule has 0 aliphatic heterocycles. The maximum atomic E-state index is 12.7. The smallest absolute Gasteiger partial charge is 0.306 e. The number of hydrogen-bond acceptors (Lipinski definition) is 6. The van der Waals surface area contributed by atoms with Gasteiger partial charge in [-0.25, -0.2) is 0 Å². The zero-order valence-electron chi connectivity index (χ0n) is 37.6. The first-order valence-corrected chi connectivity index (χ1v) is 24.2. The van der Waals surface area contributed by atoms with Gasteiger partial charge in [-0.2, -0.15) is 0 Å². The molecule has 326 valence electrons. The molecule has 0 spiro atoms. The Morgan fingerprint density at radius 1 is 0.345 bits per heavy atom. The Morgan fingerprint density at radius 3 is 0.891 bits per heavy atom. The van der Waals surface area contributed by atoms with Gasteiger partial charge < -0.3 is 14.2 Å². The molecule has 0 fully saturated rings. The Kier molecular flexibility index (Phi) is 40.8. The molecule has 6 nitrogen and oxygen atoms in total. The van der Waals surface area contributed by atoms with Gasteiger partial charge in [0, 0.05) is 19.3 Å². The van der Waals surface area contributed by atoms with Crippen molar-refractivity contribution < 1.29 is 28.6 Å². The minimum absolute atomic E-state index is 0.0645. The van der Waals surface area contributed by atoms with Gasteiger partial charge in [0.1, 0.15) is 13.2 Å². The van der Waals surface area contributed by atoms with E-state index in [0.29, 0.717) is 19.3 Å². The molecule has 0 N–H and O–H groups in total. The Bertz CT molecular complexity index is 839. The lowest BCUT2D eigenvalue weighted by atomic mass is 10.0. The second kappa shape index (κ2) is 42.0. The van der Waals surface area contributed by atoms with Crippen molar-refractivity contribution in [1.82, 2.24) is 0 Å². The van der Waals surface area contributed by atoms with Gasteiger partial charge in [-0.1, -0.05) is 227 Å². The van der Waals surface area contributed by atoms with Crippen LogP contribution in [0.25, 0.3) is 0 Å². The topological polar surface area (TPSA) is 78.9 Å². The van der Waals surface area contributed by atoms with E-state index in [1.165, 1.54) is 154 Å². The zero-order chi connectivity index (χ0) is 40.5. The summed E-state index contributed by atoms with van der Waals surface area (Å²) < 4.78 is 16.8. The third-order valence-electron chi connectivity index (χ3n) is 11.0. The maximum absolute atomic E-state index is 12.7. The predicted molar refractivity (Wildman–Crippen MR) is 233 cm³/mol. The van der Waals surface area contributed by atoms with E-state index in [1.807, 2.05) is 0 Å². The molecule has 55 heavy (non-hydrogen) atoms. The van der Waals surface area contributed by atoms with Crippen molar-refractivity contribution in [1.29, 1.82) is 0 Å².